The van der Waals surface area contributed by atoms with Crippen molar-refractivity contribution in [1.82, 2.24) is 4.90 Å². The van der Waals surface area contributed by atoms with E-state index in [-0.39, 0.29) is 0 Å². The Labute approximate surface area is 162 Å². The molecule has 28 heavy (non-hydrogen) atoms. The van der Waals surface area contributed by atoms with Crippen LogP contribution in [0.25, 0.3) is 21.9 Å². The Morgan fingerprint density at radius 2 is 1.43 bits per heavy atom. The molecule has 0 amide bonds. The summed E-state index contributed by atoms with van der Waals surface area (Å²) in [6.45, 7) is 1.59. The van der Waals surface area contributed by atoms with E-state index >= 15 is 0 Å². The van der Waals surface area contributed by atoms with Gasteiger partial charge in [0.15, 0.2) is 0 Å². The van der Waals surface area contributed by atoms with Gasteiger partial charge >= 0.3 is 5.97 Å². The van der Waals surface area contributed by atoms with E-state index in [1.807, 2.05) is 60.7 Å². The third-order valence-corrected chi connectivity index (χ3v) is 4.79. The van der Waals surface area contributed by atoms with Crippen LogP contribution in [0, 0.1) is 0 Å². The van der Waals surface area contributed by atoms with Gasteiger partial charge in [0.1, 0.15) is 28.7 Å². The number of nitrogens with two attached hydrogens (primary N) is 1. The van der Waals surface area contributed by atoms with E-state index in [0.717, 1.165) is 33.5 Å². The van der Waals surface area contributed by atoms with Gasteiger partial charge < -0.3 is 19.7 Å². The van der Waals surface area contributed by atoms with Crippen molar-refractivity contribution in [1.29, 1.82) is 0 Å². The number of carboxylic acid groups (broad SMARTS) is 1. The molecule has 0 aliphatic carbocycles. The van der Waals surface area contributed by atoms with Crippen LogP contribution >= 0.6 is 0 Å². The monoisotopic (exact) mass is 378 g/mol. The third-order valence-electron chi connectivity index (χ3n) is 4.79. The molecule has 0 aliphatic heterocycles. The molecule has 0 saturated carbocycles. The van der Waals surface area contributed by atoms with E-state index < -0.39 is 12.0 Å². The molecule has 2 heterocycles. The first-order valence-electron chi connectivity index (χ1n) is 9.24. The number of furan rings is 2. The zero-order valence-corrected chi connectivity index (χ0v) is 15.4. The number of rotatable bonds is 8. The summed E-state index contributed by atoms with van der Waals surface area (Å²) in [4.78, 5) is 13.2. The molecule has 0 aliphatic rings. The van der Waals surface area contributed by atoms with Crippen LogP contribution in [0.2, 0.25) is 0 Å². The van der Waals surface area contributed by atoms with Gasteiger partial charge in [-0.05, 0) is 30.7 Å². The van der Waals surface area contributed by atoms with Crippen LogP contribution in [-0.2, 0) is 17.9 Å². The number of aliphatic carboxylic acids is 1. The summed E-state index contributed by atoms with van der Waals surface area (Å²) in [7, 11) is 0. The van der Waals surface area contributed by atoms with Gasteiger partial charge in [0.05, 0.1) is 13.1 Å². The van der Waals surface area contributed by atoms with Gasteiger partial charge in [-0.3, -0.25) is 9.69 Å². The molecule has 0 saturated heterocycles. The first-order chi connectivity index (χ1) is 13.6. The van der Waals surface area contributed by atoms with Crippen LogP contribution in [0.4, 0.5) is 0 Å². The predicted molar refractivity (Wildman–Crippen MR) is 107 cm³/mol. The van der Waals surface area contributed by atoms with Crippen molar-refractivity contribution in [3.63, 3.8) is 0 Å². The van der Waals surface area contributed by atoms with Crippen LogP contribution in [0.1, 0.15) is 17.9 Å². The smallest absolute Gasteiger partial charge is 0.320 e. The van der Waals surface area contributed by atoms with Crippen molar-refractivity contribution in [2.24, 2.45) is 5.73 Å². The Morgan fingerprint density at radius 3 is 1.89 bits per heavy atom. The summed E-state index contributed by atoms with van der Waals surface area (Å²) >= 11 is 0. The lowest BCUT2D eigenvalue weighted by atomic mass is 10.2. The fourth-order valence-corrected chi connectivity index (χ4v) is 3.33. The summed E-state index contributed by atoms with van der Waals surface area (Å²) in [5, 5.41) is 11.2. The number of hydrogen-bond acceptors (Lipinski definition) is 5. The van der Waals surface area contributed by atoms with Crippen molar-refractivity contribution in [3.8, 4) is 0 Å². The van der Waals surface area contributed by atoms with Gasteiger partial charge in [-0.2, -0.15) is 0 Å². The first kappa shape index (κ1) is 18.3. The molecule has 6 nitrogen and oxygen atoms in total. The molecule has 0 bridgehead atoms. The molecule has 0 fully saturated rings. The molecule has 1 unspecified atom stereocenters. The van der Waals surface area contributed by atoms with Gasteiger partial charge in [-0.25, -0.2) is 0 Å². The molecule has 6 heteroatoms. The zero-order chi connectivity index (χ0) is 19.5. The quantitative estimate of drug-likeness (QED) is 0.482. The minimum atomic E-state index is -0.993. The highest BCUT2D eigenvalue weighted by Crippen LogP contribution is 2.23. The van der Waals surface area contributed by atoms with Crippen LogP contribution in [-0.4, -0.2) is 28.6 Å². The normalized spacial score (nSPS) is 12.8. The van der Waals surface area contributed by atoms with E-state index in [1.54, 1.807) is 0 Å². The Balaban J connectivity index is 1.54. The molecule has 2 aromatic heterocycles. The summed E-state index contributed by atoms with van der Waals surface area (Å²) in [6, 6.07) is 18.8. The average molecular weight is 378 g/mol. The van der Waals surface area contributed by atoms with E-state index in [2.05, 4.69) is 4.90 Å². The Hall–Kier alpha value is -3.09. The standard InChI is InChI=1S/C22H22N2O4/c23-19(22(25)26)9-10-24(13-17-11-15-5-1-3-7-20(15)27-17)14-18-12-16-6-2-4-8-21(16)28-18/h1-8,11-12,19H,9-10,13-14,23H2,(H,25,26). The van der Waals surface area contributed by atoms with Crippen LogP contribution in [0.3, 0.4) is 0 Å². The van der Waals surface area contributed by atoms with Gasteiger partial charge in [0.2, 0.25) is 0 Å². The minimum absolute atomic E-state index is 0.343. The molecule has 4 rings (SSSR count). The lowest BCUT2D eigenvalue weighted by Gasteiger charge is -2.21. The van der Waals surface area contributed by atoms with Gasteiger partial charge in [0.25, 0.3) is 0 Å². The largest absolute Gasteiger partial charge is 0.480 e. The number of carbonyl (C=O) groups is 1. The maximum Gasteiger partial charge on any atom is 0.320 e. The highest BCUT2D eigenvalue weighted by molar-refractivity contribution is 5.78. The highest BCUT2D eigenvalue weighted by Gasteiger charge is 2.17. The molecule has 3 N–H and O–H groups in total. The Bertz CT molecular complexity index is 956. The van der Waals surface area contributed by atoms with Crippen molar-refractivity contribution in [3.05, 3.63) is 72.2 Å². The number of fused-ring (bicyclic) bond motifs is 2. The highest BCUT2D eigenvalue weighted by atomic mass is 16.4. The number of hydrogen-bond donors (Lipinski definition) is 2. The average Bonchev–Trinajstić information content (AvgIpc) is 3.28. The Morgan fingerprint density at radius 1 is 0.929 bits per heavy atom. The second-order valence-corrected chi connectivity index (χ2v) is 6.95. The second-order valence-electron chi connectivity index (χ2n) is 6.95. The topological polar surface area (TPSA) is 92.8 Å². The van der Waals surface area contributed by atoms with Gasteiger partial charge in [-0.1, -0.05) is 36.4 Å². The van der Waals surface area contributed by atoms with Crippen LogP contribution < -0.4 is 5.73 Å². The summed E-state index contributed by atoms with van der Waals surface area (Å²) in [5.41, 5.74) is 7.37. The predicted octanol–water partition coefficient (Wildman–Crippen LogP) is 3.98. The first-order valence-corrected chi connectivity index (χ1v) is 9.24. The van der Waals surface area contributed by atoms with E-state index in [0.29, 0.717) is 26.1 Å². The van der Waals surface area contributed by atoms with E-state index in [9.17, 15) is 4.79 Å². The summed E-state index contributed by atoms with van der Waals surface area (Å²) < 4.78 is 11.9. The molecule has 1 atom stereocenters. The molecule has 144 valence electrons. The lowest BCUT2D eigenvalue weighted by molar-refractivity contribution is -0.138. The number of para-hydroxylation sites is 2. The lowest BCUT2D eigenvalue weighted by Crippen LogP contribution is -2.35. The van der Waals surface area contributed by atoms with Crippen molar-refractivity contribution in [2.75, 3.05) is 6.54 Å². The van der Waals surface area contributed by atoms with Crippen molar-refractivity contribution >= 4 is 27.9 Å². The summed E-state index contributed by atoms with van der Waals surface area (Å²) in [5.74, 6) is 0.648. The van der Waals surface area contributed by atoms with E-state index in [1.165, 1.54) is 0 Å². The minimum Gasteiger partial charge on any atom is -0.480 e. The van der Waals surface area contributed by atoms with Gasteiger partial charge in [-0.15, -0.1) is 0 Å². The molecular formula is C22H22N2O4. The van der Waals surface area contributed by atoms with Gasteiger partial charge in [0, 0.05) is 17.3 Å². The third kappa shape index (κ3) is 4.08. The number of benzene rings is 2. The van der Waals surface area contributed by atoms with E-state index in [4.69, 9.17) is 19.7 Å². The molecular weight excluding hydrogens is 356 g/mol. The maximum atomic E-state index is 11.1. The number of carboxylic acids is 1. The second kappa shape index (κ2) is 7.88. The molecule has 0 radical (unpaired) electrons. The van der Waals surface area contributed by atoms with Crippen LogP contribution in [0.5, 0.6) is 0 Å². The maximum absolute atomic E-state index is 11.1. The summed E-state index contributed by atoms with van der Waals surface area (Å²) in [6.07, 6.45) is 0.343. The number of nitrogens with zero attached hydrogens (tertiary/aromatic N) is 1. The van der Waals surface area contributed by atoms with Crippen LogP contribution in [0.15, 0.2) is 69.5 Å². The molecule has 0 spiro atoms. The molecule has 4 aromatic rings. The van der Waals surface area contributed by atoms with Crippen molar-refractivity contribution < 1.29 is 18.7 Å². The Kier molecular flexibility index (Phi) is 5.14. The fraction of sp³-hybridized carbons (Fsp3) is 0.227. The fourth-order valence-electron chi connectivity index (χ4n) is 3.33. The SMILES string of the molecule is NC(CCN(Cc1cc2ccccc2o1)Cc1cc2ccccc2o1)C(=O)O. The van der Waals surface area contributed by atoms with Crippen molar-refractivity contribution in [2.45, 2.75) is 25.6 Å². The molecule has 2 aromatic carbocycles. The zero-order valence-electron chi connectivity index (χ0n) is 15.4.